The van der Waals surface area contributed by atoms with E-state index in [0.717, 1.165) is 0 Å². The number of benzene rings is 1. The van der Waals surface area contributed by atoms with E-state index in [-0.39, 0.29) is 40.7 Å². The minimum absolute atomic E-state index is 0.0406. The molecule has 1 aliphatic carbocycles. The molecule has 0 aromatic heterocycles. The second kappa shape index (κ2) is 4.86. The van der Waals surface area contributed by atoms with Crippen molar-refractivity contribution in [2.45, 2.75) is 25.2 Å². The summed E-state index contributed by atoms with van der Waals surface area (Å²) in [4.78, 5) is 34.0. The van der Waals surface area contributed by atoms with Gasteiger partial charge in [0.15, 0.2) is 0 Å². The average Bonchev–Trinajstić information content (AvgIpc) is 2.30. The largest absolute Gasteiger partial charge is 0.299 e. The van der Waals surface area contributed by atoms with Gasteiger partial charge in [0.2, 0.25) is 0 Å². The minimum atomic E-state index is -1.08. The van der Waals surface area contributed by atoms with Crippen LogP contribution < -0.4 is 0 Å². The molecule has 2 rings (SSSR count). The summed E-state index contributed by atoms with van der Waals surface area (Å²) in [6, 6.07) is 4.15. The molecule has 0 heterocycles. The molecule has 6 heteroatoms. The molecule has 0 bridgehead atoms. The highest BCUT2D eigenvalue weighted by atomic mass is 35.5. The maximum atomic E-state index is 11.8. The number of halogens is 1. The average molecular weight is 268 g/mol. The molecule has 0 atom stereocenters. The second-order valence-corrected chi connectivity index (χ2v) is 4.56. The second-order valence-electron chi connectivity index (χ2n) is 4.15. The quantitative estimate of drug-likeness (QED) is 0.469. The van der Waals surface area contributed by atoms with Crippen molar-refractivity contribution < 1.29 is 14.5 Å². The zero-order valence-corrected chi connectivity index (χ0v) is 10.1. The van der Waals surface area contributed by atoms with Gasteiger partial charge in [0, 0.05) is 18.9 Å². The van der Waals surface area contributed by atoms with E-state index in [1.54, 1.807) is 0 Å². The number of nitro benzene ring substituents is 1. The highest BCUT2D eigenvalue weighted by molar-refractivity contribution is 6.32. The Morgan fingerprint density at radius 3 is 2.39 bits per heavy atom. The first-order valence-electron chi connectivity index (χ1n) is 5.50. The Labute approximate surface area is 108 Å². The van der Waals surface area contributed by atoms with Crippen LogP contribution in [0, 0.1) is 10.1 Å². The lowest BCUT2D eigenvalue weighted by atomic mass is 9.81. The van der Waals surface area contributed by atoms with E-state index in [1.807, 2.05) is 0 Å². The van der Waals surface area contributed by atoms with Crippen molar-refractivity contribution in [2.75, 3.05) is 0 Å². The molecule has 0 spiro atoms. The predicted octanol–water partition coefficient (Wildman–Crippen LogP) is 2.65. The zero-order valence-electron chi connectivity index (χ0n) is 9.39. The highest BCUT2D eigenvalue weighted by Crippen LogP contribution is 2.37. The molecular formula is C12H10ClNO4. The van der Waals surface area contributed by atoms with Crippen LogP contribution in [0.5, 0.6) is 0 Å². The van der Waals surface area contributed by atoms with Gasteiger partial charge in [-0.05, 0) is 12.5 Å². The van der Waals surface area contributed by atoms with Crippen LogP contribution in [0.15, 0.2) is 18.2 Å². The zero-order chi connectivity index (χ0) is 13.3. The van der Waals surface area contributed by atoms with Gasteiger partial charge >= 0.3 is 0 Å². The molecule has 0 unspecified atom stereocenters. The van der Waals surface area contributed by atoms with Crippen molar-refractivity contribution in [3.05, 3.63) is 38.9 Å². The minimum Gasteiger partial charge on any atom is -0.299 e. The summed E-state index contributed by atoms with van der Waals surface area (Å²) < 4.78 is 0. The van der Waals surface area contributed by atoms with E-state index >= 15 is 0 Å². The van der Waals surface area contributed by atoms with Crippen LogP contribution >= 0.6 is 11.6 Å². The molecule has 1 aliphatic rings. The lowest BCUT2D eigenvalue weighted by Gasteiger charge is -2.20. The fraction of sp³-hybridized carbons (Fsp3) is 0.333. The molecule has 0 N–H and O–H groups in total. The van der Waals surface area contributed by atoms with Crippen molar-refractivity contribution >= 4 is 28.9 Å². The maximum absolute atomic E-state index is 11.8. The van der Waals surface area contributed by atoms with E-state index in [4.69, 9.17) is 11.6 Å². The first-order chi connectivity index (χ1) is 8.52. The summed E-state index contributed by atoms with van der Waals surface area (Å²) in [7, 11) is 0. The third-order valence-corrected chi connectivity index (χ3v) is 3.34. The third-order valence-electron chi connectivity index (χ3n) is 3.01. The van der Waals surface area contributed by atoms with Gasteiger partial charge in [-0.15, -0.1) is 0 Å². The van der Waals surface area contributed by atoms with Gasteiger partial charge in [-0.1, -0.05) is 17.7 Å². The van der Waals surface area contributed by atoms with Crippen molar-refractivity contribution in [3.8, 4) is 0 Å². The molecule has 1 aromatic carbocycles. The summed E-state index contributed by atoms with van der Waals surface area (Å²) >= 11 is 5.93. The number of hydrogen-bond acceptors (Lipinski definition) is 4. The van der Waals surface area contributed by atoms with E-state index in [0.29, 0.717) is 6.42 Å². The fourth-order valence-corrected chi connectivity index (χ4v) is 2.48. The molecule has 0 aliphatic heterocycles. The van der Waals surface area contributed by atoms with Crippen LogP contribution in [-0.4, -0.2) is 16.5 Å². The highest BCUT2D eigenvalue weighted by Gasteiger charge is 2.37. The number of Topliss-reactive ketones (excluding diaryl/α,β-unsaturated/α-hetero) is 2. The van der Waals surface area contributed by atoms with Gasteiger partial charge in [0.1, 0.15) is 17.5 Å². The number of carbonyl (C=O) groups is 2. The van der Waals surface area contributed by atoms with Crippen molar-refractivity contribution in [1.82, 2.24) is 0 Å². The van der Waals surface area contributed by atoms with Crippen molar-refractivity contribution in [2.24, 2.45) is 0 Å². The van der Waals surface area contributed by atoms with Crippen LogP contribution in [0.4, 0.5) is 5.69 Å². The molecule has 94 valence electrons. The monoisotopic (exact) mass is 267 g/mol. The number of carbonyl (C=O) groups excluding carboxylic acids is 2. The van der Waals surface area contributed by atoms with Crippen molar-refractivity contribution in [3.63, 3.8) is 0 Å². The van der Waals surface area contributed by atoms with Gasteiger partial charge in [-0.3, -0.25) is 19.7 Å². The SMILES string of the molecule is O=C1CCCC(=O)C1c1c(Cl)cccc1[N+](=O)[O-]. The molecule has 18 heavy (non-hydrogen) atoms. The molecule has 1 saturated carbocycles. The van der Waals surface area contributed by atoms with Crippen LogP contribution in [-0.2, 0) is 9.59 Å². The Hall–Kier alpha value is -1.75. The Kier molecular flexibility index (Phi) is 3.43. The molecule has 0 amide bonds. The number of rotatable bonds is 2. The van der Waals surface area contributed by atoms with E-state index in [2.05, 4.69) is 0 Å². The molecule has 5 nitrogen and oxygen atoms in total. The number of hydrogen-bond donors (Lipinski definition) is 0. The Balaban J connectivity index is 2.58. The standard InChI is InChI=1S/C12H10ClNO4/c13-7-3-1-4-8(14(17)18)11(7)12-9(15)5-2-6-10(12)16/h1,3-4,12H,2,5-6H2. The van der Waals surface area contributed by atoms with Crippen molar-refractivity contribution in [1.29, 1.82) is 0 Å². The molecular weight excluding hydrogens is 258 g/mol. The number of nitrogens with zero attached hydrogens (tertiary/aromatic N) is 1. The Morgan fingerprint density at radius 2 is 1.83 bits per heavy atom. The van der Waals surface area contributed by atoms with Crippen LogP contribution in [0.25, 0.3) is 0 Å². The van der Waals surface area contributed by atoms with Crippen LogP contribution in [0.2, 0.25) is 5.02 Å². The first-order valence-corrected chi connectivity index (χ1v) is 5.88. The van der Waals surface area contributed by atoms with Gasteiger partial charge in [-0.2, -0.15) is 0 Å². The lowest BCUT2D eigenvalue weighted by molar-refractivity contribution is -0.385. The van der Waals surface area contributed by atoms with E-state index in [9.17, 15) is 19.7 Å². The van der Waals surface area contributed by atoms with Crippen LogP contribution in [0.3, 0.4) is 0 Å². The molecule has 1 aromatic rings. The van der Waals surface area contributed by atoms with Gasteiger partial charge in [0.05, 0.1) is 15.5 Å². The number of ketones is 2. The molecule has 1 fully saturated rings. The Morgan fingerprint density at radius 1 is 1.22 bits per heavy atom. The predicted molar refractivity (Wildman–Crippen MR) is 64.7 cm³/mol. The van der Waals surface area contributed by atoms with E-state index < -0.39 is 10.8 Å². The summed E-state index contributed by atoms with van der Waals surface area (Å²) in [6.45, 7) is 0. The number of nitro groups is 1. The summed E-state index contributed by atoms with van der Waals surface area (Å²) in [5.74, 6) is -1.65. The first kappa shape index (κ1) is 12.7. The fourth-order valence-electron chi connectivity index (χ4n) is 2.20. The summed E-state index contributed by atoms with van der Waals surface area (Å²) in [6.07, 6.45) is 1.03. The van der Waals surface area contributed by atoms with Gasteiger partial charge in [-0.25, -0.2) is 0 Å². The van der Waals surface area contributed by atoms with Crippen LogP contribution in [0.1, 0.15) is 30.7 Å². The maximum Gasteiger partial charge on any atom is 0.275 e. The van der Waals surface area contributed by atoms with Gasteiger partial charge < -0.3 is 0 Å². The molecule has 0 saturated heterocycles. The summed E-state index contributed by atoms with van der Waals surface area (Å²) in [5.41, 5.74) is -0.227. The van der Waals surface area contributed by atoms with E-state index in [1.165, 1.54) is 18.2 Å². The molecule has 0 radical (unpaired) electrons. The normalized spacial score (nSPS) is 16.9. The smallest absolute Gasteiger partial charge is 0.275 e. The lowest BCUT2D eigenvalue weighted by Crippen LogP contribution is -2.27. The van der Waals surface area contributed by atoms with Gasteiger partial charge in [0.25, 0.3) is 5.69 Å². The third kappa shape index (κ3) is 2.13. The topological polar surface area (TPSA) is 77.3 Å². The Bertz CT molecular complexity index is 525. The summed E-state index contributed by atoms with van der Waals surface area (Å²) in [5, 5.41) is 11.0.